The highest BCUT2D eigenvalue weighted by Crippen LogP contribution is 2.24. The van der Waals surface area contributed by atoms with E-state index in [2.05, 4.69) is 37.2 Å². The number of likely N-dealkylation sites (tertiary alicyclic amines) is 1. The summed E-state index contributed by atoms with van der Waals surface area (Å²) < 4.78 is 5.58. The van der Waals surface area contributed by atoms with Crippen molar-refractivity contribution >= 4 is 64.9 Å². The third kappa shape index (κ3) is 21.0. The van der Waals surface area contributed by atoms with Crippen LogP contribution in [0.4, 0.5) is 0 Å². The highest BCUT2D eigenvalue weighted by atomic mass is 32.2. The number of piperidine rings is 1. The van der Waals surface area contributed by atoms with Crippen LogP contribution in [0.15, 0.2) is 18.2 Å². The highest BCUT2D eigenvalue weighted by Gasteiger charge is 2.43. The van der Waals surface area contributed by atoms with Crippen LogP contribution < -0.4 is 43.0 Å². The maximum absolute atomic E-state index is 14.3. The van der Waals surface area contributed by atoms with Crippen LogP contribution >= 0.6 is 23.5 Å². The van der Waals surface area contributed by atoms with Gasteiger partial charge >= 0.3 is 0 Å². The van der Waals surface area contributed by atoms with Gasteiger partial charge in [-0.05, 0) is 68.9 Å². The molecule has 1 aromatic heterocycles. The number of hydrogen-bond acceptors (Lipinski definition) is 16. The number of carbonyl (C=O) groups is 7. The van der Waals surface area contributed by atoms with Gasteiger partial charge in [-0.15, -0.1) is 0 Å². The average Bonchev–Trinajstić information content (AvgIpc) is 3.35. The van der Waals surface area contributed by atoms with Crippen molar-refractivity contribution in [1.82, 2.24) is 47.1 Å². The molecule has 12 N–H and O–H groups in total. The minimum Gasteiger partial charge on any atom is -0.394 e. The molecule has 3 aliphatic rings. The van der Waals surface area contributed by atoms with Crippen molar-refractivity contribution in [2.24, 2.45) is 17.6 Å². The molecular formula is C49H82N10O11S2. The van der Waals surface area contributed by atoms with Gasteiger partial charge in [-0.1, -0.05) is 40.2 Å². The van der Waals surface area contributed by atoms with E-state index in [0.29, 0.717) is 81.8 Å². The molecule has 0 radical (unpaired) electrons. The third-order valence-corrected chi connectivity index (χ3v) is 15.4. The molecule has 2 bridgehead atoms. The quantitative estimate of drug-likeness (QED) is 0.0808. The number of aliphatic hydroxyl groups excluding tert-OH is 3. The number of nitrogens with two attached hydrogens (primary N) is 1. The Bertz CT molecular complexity index is 1910. The van der Waals surface area contributed by atoms with Crippen LogP contribution in [-0.2, 0) is 49.8 Å². The Labute approximate surface area is 433 Å². The Morgan fingerprint density at radius 3 is 2.33 bits per heavy atom. The van der Waals surface area contributed by atoms with E-state index >= 15 is 0 Å². The molecule has 4 rings (SSSR count). The summed E-state index contributed by atoms with van der Waals surface area (Å²) in [5.74, 6) is -1.55. The van der Waals surface area contributed by atoms with Crippen molar-refractivity contribution in [3.8, 4) is 0 Å². The van der Waals surface area contributed by atoms with E-state index in [0.717, 1.165) is 11.4 Å². The zero-order valence-corrected chi connectivity index (χ0v) is 44.2. The van der Waals surface area contributed by atoms with Gasteiger partial charge in [0, 0.05) is 87.6 Å². The van der Waals surface area contributed by atoms with Gasteiger partial charge in [-0.25, -0.2) is 0 Å². The monoisotopic (exact) mass is 1050 g/mol. The van der Waals surface area contributed by atoms with Crippen molar-refractivity contribution in [2.45, 2.75) is 164 Å². The van der Waals surface area contributed by atoms with E-state index < -0.39 is 65.7 Å². The lowest BCUT2D eigenvalue weighted by Gasteiger charge is -2.38. The first-order valence-corrected chi connectivity index (χ1v) is 27.9. The van der Waals surface area contributed by atoms with Gasteiger partial charge in [-0.3, -0.25) is 48.8 Å². The zero-order chi connectivity index (χ0) is 52.6. The second-order valence-corrected chi connectivity index (χ2v) is 21.9. The minimum absolute atomic E-state index is 0.000926. The van der Waals surface area contributed by atoms with Gasteiger partial charge in [-0.2, -0.15) is 23.5 Å². The summed E-state index contributed by atoms with van der Waals surface area (Å²) in [5, 5.41) is 51.0. The van der Waals surface area contributed by atoms with Gasteiger partial charge in [0.15, 0.2) is 0 Å². The summed E-state index contributed by atoms with van der Waals surface area (Å²) in [5.41, 5.74) is 5.94. The first-order chi connectivity index (χ1) is 34.4. The van der Waals surface area contributed by atoms with Crippen molar-refractivity contribution in [2.75, 3.05) is 57.5 Å². The molecule has 0 aliphatic carbocycles. The number of unbranched alkanes of at least 4 members (excludes halogenated alkanes) is 1. The Morgan fingerprint density at radius 2 is 1.68 bits per heavy atom. The minimum atomic E-state index is -1.38. The standard InChI is InChI=1S/C49H82N10O11S2/c1-5-32(4)43-47(68)55-39(46(67)53-33-14-20-59(21-15-33)26-42(64)54-37(44(50)65)12-13-40(62)51-19-7-6-11-36(61)27-60)30-72-29-35-10-8-9-34(52-35)28-71-24-16-41(63)58-49(17-22-70-23-18-49)48(69)56-38(25-31(2)3)45(66)57-43/h8-10,31-33,36-39,43,47,55,60-61,68H,5-7,11-30H2,1-4H3,(H2,50,65)(H,51,62)(H,53,67)(H,54,64)(H,56,69)(H,57,66)(H,58,63)/t32-,36-,37?,38-,39-,43-,47?/m0/s1. The molecule has 1 aromatic rings. The van der Waals surface area contributed by atoms with E-state index in [1.165, 1.54) is 11.8 Å². The molecule has 7 atom stereocenters. The Kier molecular flexibility index (Phi) is 26.5. The van der Waals surface area contributed by atoms with Crippen LogP contribution in [0.5, 0.6) is 0 Å². The van der Waals surface area contributed by atoms with Crippen molar-refractivity contribution in [3.63, 3.8) is 0 Å². The number of primary amides is 1. The maximum atomic E-state index is 14.3. The van der Waals surface area contributed by atoms with Crippen LogP contribution in [-0.4, -0.2) is 172 Å². The zero-order valence-electron chi connectivity index (χ0n) is 42.6. The molecule has 2 unspecified atom stereocenters. The summed E-state index contributed by atoms with van der Waals surface area (Å²) >= 11 is 3.02. The van der Waals surface area contributed by atoms with Crippen molar-refractivity contribution in [3.05, 3.63) is 29.6 Å². The second kappa shape index (κ2) is 31.6. The first-order valence-electron chi connectivity index (χ1n) is 25.6. The normalized spacial score (nSPS) is 23.8. The van der Waals surface area contributed by atoms with E-state index in [4.69, 9.17) is 20.6 Å². The smallest absolute Gasteiger partial charge is 0.246 e. The molecule has 2 fully saturated rings. The summed E-state index contributed by atoms with van der Waals surface area (Å²) in [7, 11) is 0. The summed E-state index contributed by atoms with van der Waals surface area (Å²) in [6.07, 6.45) is 2.04. The largest absolute Gasteiger partial charge is 0.394 e. The molecule has 406 valence electrons. The number of amides is 7. The van der Waals surface area contributed by atoms with Crippen molar-refractivity contribution < 1.29 is 53.6 Å². The number of nitrogens with one attached hydrogen (secondary N) is 7. The number of pyridine rings is 1. The fourth-order valence-electron chi connectivity index (χ4n) is 8.78. The van der Waals surface area contributed by atoms with E-state index in [-0.39, 0.29) is 99.8 Å². The van der Waals surface area contributed by atoms with Gasteiger partial charge < -0.3 is 57.7 Å². The fraction of sp³-hybridized carbons (Fsp3) is 0.755. The number of ether oxygens (including phenoxy) is 1. The molecule has 3 aliphatic heterocycles. The van der Waals surface area contributed by atoms with Gasteiger partial charge in [0.25, 0.3) is 0 Å². The SMILES string of the molecule is CC[C@H](C)[C@@H]1NC(=O)[C@H](CC(C)C)NC(=O)C2(CCOCC2)NC(=O)CCSCc2cccc(n2)CSC[C@@H](C(=O)NC2CCN(CC(=O)NC(CCC(=O)NCCCC[C@H](O)CO)C(N)=O)CC2)NC1O. The van der Waals surface area contributed by atoms with Gasteiger partial charge in [0.1, 0.15) is 23.9 Å². The number of rotatable bonds is 19. The molecule has 4 heterocycles. The summed E-state index contributed by atoms with van der Waals surface area (Å²) in [6.45, 7) is 9.20. The molecular weight excluding hydrogens is 969 g/mol. The Hall–Kier alpha value is -4.10. The third-order valence-electron chi connectivity index (χ3n) is 13.3. The fourth-order valence-corrected chi connectivity index (χ4v) is 10.6. The van der Waals surface area contributed by atoms with Crippen molar-refractivity contribution in [1.29, 1.82) is 0 Å². The van der Waals surface area contributed by atoms with E-state index in [9.17, 15) is 43.8 Å². The lowest BCUT2D eigenvalue weighted by atomic mass is 9.87. The van der Waals surface area contributed by atoms with Crippen LogP contribution in [0, 0.1) is 11.8 Å². The lowest BCUT2D eigenvalue weighted by molar-refractivity contribution is -0.140. The molecule has 23 heteroatoms. The first kappa shape index (κ1) is 60.5. The lowest BCUT2D eigenvalue weighted by Crippen LogP contribution is -2.65. The van der Waals surface area contributed by atoms with Crippen LogP contribution in [0.2, 0.25) is 0 Å². The molecule has 2 saturated heterocycles. The van der Waals surface area contributed by atoms with Crippen LogP contribution in [0.25, 0.3) is 0 Å². The predicted molar refractivity (Wildman–Crippen MR) is 276 cm³/mol. The van der Waals surface area contributed by atoms with Gasteiger partial charge in [0.05, 0.1) is 42.7 Å². The molecule has 7 amide bonds. The van der Waals surface area contributed by atoms with Crippen LogP contribution in [0.1, 0.15) is 116 Å². The Morgan fingerprint density at radius 1 is 0.986 bits per heavy atom. The molecule has 72 heavy (non-hydrogen) atoms. The number of thioether (sulfide) groups is 2. The number of aliphatic hydroxyl groups is 3. The topological polar surface area (TPSA) is 316 Å². The molecule has 21 nitrogen and oxygen atoms in total. The van der Waals surface area contributed by atoms with E-state index in [1.807, 2.05) is 50.8 Å². The predicted octanol–water partition coefficient (Wildman–Crippen LogP) is -0.0739. The number of hydrogen-bond donors (Lipinski definition) is 11. The number of fused-ring (bicyclic) bond motifs is 2. The maximum Gasteiger partial charge on any atom is 0.246 e. The number of aromatic nitrogens is 1. The summed E-state index contributed by atoms with van der Waals surface area (Å²) in [4.78, 5) is 100. The van der Waals surface area contributed by atoms with Crippen LogP contribution in [0.3, 0.4) is 0 Å². The number of nitrogens with zero attached hydrogens (tertiary/aromatic N) is 2. The Balaban J connectivity index is 1.42. The van der Waals surface area contributed by atoms with E-state index in [1.54, 1.807) is 11.8 Å². The highest BCUT2D eigenvalue weighted by molar-refractivity contribution is 7.98. The van der Waals surface area contributed by atoms with Gasteiger partial charge in [0.2, 0.25) is 41.4 Å². The second-order valence-electron chi connectivity index (χ2n) is 19.7. The molecule has 0 aromatic carbocycles. The molecule has 0 saturated carbocycles. The molecule has 1 spiro atoms. The summed E-state index contributed by atoms with van der Waals surface area (Å²) in [6, 6.07) is 1.70. The number of carbonyl (C=O) groups excluding carboxylic acids is 7. The average molecular weight is 1050 g/mol.